The number of rotatable bonds is 4. The molecule has 2 heterocycles. The van der Waals surface area contributed by atoms with Crippen molar-refractivity contribution in [2.75, 3.05) is 4.90 Å². The molecule has 4 rings (SSSR count). The zero-order valence-corrected chi connectivity index (χ0v) is 17.9. The van der Waals surface area contributed by atoms with E-state index in [2.05, 4.69) is 0 Å². The van der Waals surface area contributed by atoms with Crippen LogP contribution in [0.15, 0.2) is 53.0 Å². The lowest BCUT2D eigenvalue weighted by Crippen LogP contribution is -2.38. The Balaban J connectivity index is 1.98. The van der Waals surface area contributed by atoms with Crippen LogP contribution in [0.1, 0.15) is 30.1 Å². The maximum atomic E-state index is 13.0. The van der Waals surface area contributed by atoms with Crippen LogP contribution in [0, 0.1) is 31.6 Å². The lowest BCUT2D eigenvalue weighted by molar-refractivity contribution is -0.384. The number of halogens is 1. The third-order valence-electron chi connectivity index (χ3n) is 5.37. The average molecular weight is 472 g/mol. The number of thiophene rings is 1. The number of hydrogen-bond donors (Lipinski definition) is 1. The van der Waals surface area contributed by atoms with Crippen molar-refractivity contribution in [3.05, 3.63) is 83.1 Å². The number of ketones is 1. The Morgan fingerprint density at radius 2 is 1.94 bits per heavy atom. The maximum Gasteiger partial charge on any atom is 0.324 e. The number of carbonyl (C=O) groups excluding carboxylic acids is 1. The van der Waals surface area contributed by atoms with Gasteiger partial charge in [0.05, 0.1) is 38.1 Å². The van der Waals surface area contributed by atoms with Gasteiger partial charge in [0.25, 0.3) is 5.69 Å². The Kier molecular flexibility index (Phi) is 5.41. The second-order valence-corrected chi connectivity index (χ2v) is 8.64. The number of anilines is 1. The van der Waals surface area contributed by atoms with Crippen LogP contribution in [0.25, 0.3) is 0 Å². The van der Waals surface area contributed by atoms with E-state index in [1.807, 2.05) is 6.07 Å². The fourth-order valence-electron chi connectivity index (χ4n) is 4.03. The highest BCUT2D eigenvalue weighted by molar-refractivity contribution is 7.15. The molecule has 12 heteroatoms. The Morgan fingerprint density at radius 3 is 2.56 bits per heavy atom. The molecule has 0 amide bonds. The summed E-state index contributed by atoms with van der Waals surface area (Å²) in [4.78, 5) is 36.3. The summed E-state index contributed by atoms with van der Waals surface area (Å²) in [6.07, 6.45) is 1.19. The number of hydrogen-bond acceptors (Lipinski definition) is 9. The van der Waals surface area contributed by atoms with Crippen molar-refractivity contribution >= 4 is 45.1 Å². The number of nitrogens with two attached hydrogens (primary N) is 1. The molecule has 0 fully saturated rings. The molecule has 0 radical (unpaired) electrons. The Labute approximate surface area is 190 Å². The van der Waals surface area contributed by atoms with Crippen LogP contribution in [0.4, 0.5) is 16.4 Å². The fraction of sp³-hybridized carbons (Fsp3) is 0.200. The number of nitriles is 1. The van der Waals surface area contributed by atoms with Crippen molar-refractivity contribution in [2.45, 2.75) is 25.2 Å². The van der Waals surface area contributed by atoms with E-state index >= 15 is 0 Å². The van der Waals surface area contributed by atoms with Crippen LogP contribution in [-0.2, 0) is 4.79 Å². The minimum atomic E-state index is -0.852. The molecule has 1 aromatic heterocycles. The molecule has 1 aromatic carbocycles. The molecule has 0 saturated carbocycles. The molecule has 0 spiro atoms. The fourth-order valence-corrected chi connectivity index (χ4v) is 5.17. The number of Topliss-reactive ketones (excluding diaryl/α,β-unsaturated/α-hetero) is 1. The smallest absolute Gasteiger partial charge is 0.324 e. The Bertz CT molecular complexity index is 1290. The van der Waals surface area contributed by atoms with Gasteiger partial charge in [-0.25, -0.2) is 0 Å². The number of nitro benzene ring substituents is 1. The average Bonchev–Trinajstić information content (AvgIpc) is 3.24. The van der Waals surface area contributed by atoms with Crippen molar-refractivity contribution in [2.24, 2.45) is 5.73 Å². The van der Waals surface area contributed by atoms with E-state index in [4.69, 9.17) is 17.3 Å². The molecule has 2 aromatic rings. The first-order valence-corrected chi connectivity index (χ1v) is 10.6. The summed E-state index contributed by atoms with van der Waals surface area (Å²) in [6.45, 7) is 0. The second-order valence-electron chi connectivity index (χ2n) is 7.14. The van der Waals surface area contributed by atoms with Crippen LogP contribution < -0.4 is 10.6 Å². The predicted octanol–water partition coefficient (Wildman–Crippen LogP) is 4.52. The Hall–Kier alpha value is -3.75. The van der Waals surface area contributed by atoms with Gasteiger partial charge in [-0.15, -0.1) is 0 Å². The van der Waals surface area contributed by atoms with Gasteiger partial charge in [-0.1, -0.05) is 22.9 Å². The lowest BCUT2D eigenvalue weighted by Gasteiger charge is -2.39. The summed E-state index contributed by atoms with van der Waals surface area (Å²) in [5.74, 6) is -1.08. The van der Waals surface area contributed by atoms with Crippen molar-refractivity contribution in [3.63, 3.8) is 0 Å². The third-order valence-corrected chi connectivity index (χ3v) is 6.79. The van der Waals surface area contributed by atoms with Gasteiger partial charge in [-0.05, 0) is 25.0 Å². The van der Waals surface area contributed by atoms with Crippen LogP contribution >= 0.6 is 22.9 Å². The van der Waals surface area contributed by atoms with E-state index in [9.17, 15) is 30.3 Å². The quantitative estimate of drug-likeness (QED) is 0.503. The molecule has 162 valence electrons. The summed E-state index contributed by atoms with van der Waals surface area (Å²) in [5.41, 5.74) is 7.17. The number of nitrogens with zero attached hydrogens (tertiary/aromatic N) is 4. The topological polar surface area (TPSA) is 156 Å². The van der Waals surface area contributed by atoms with E-state index in [-0.39, 0.29) is 45.0 Å². The van der Waals surface area contributed by atoms with Gasteiger partial charge in [-0.3, -0.25) is 29.9 Å². The maximum absolute atomic E-state index is 13.0. The SMILES string of the molecule is N#CC1=C(N)N(c2cc([N+](=O)[O-])ccc2Cl)C2=C(C(=O)CCC2)[C@H]1c1ccc([N+](=O)[O-])s1. The van der Waals surface area contributed by atoms with Gasteiger partial charge in [-0.2, -0.15) is 5.26 Å². The van der Waals surface area contributed by atoms with E-state index in [1.54, 1.807) is 0 Å². The van der Waals surface area contributed by atoms with Gasteiger partial charge in [0.1, 0.15) is 5.82 Å². The molecular weight excluding hydrogens is 458 g/mol. The monoisotopic (exact) mass is 471 g/mol. The van der Waals surface area contributed by atoms with Gasteiger partial charge in [0.2, 0.25) is 0 Å². The van der Waals surface area contributed by atoms with Crippen LogP contribution in [0.5, 0.6) is 0 Å². The molecule has 10 nitrogen and oxygen atoms in total. The molecule has 0 unspecified atom stereocenters. The molecule has 1 aliphatic heterocycles. The van der Waals surface area contributed by atoms with Crippen LogP contribution in [-0.4, -0.2) is 15.6 Å². The molecule has 32 heavy (non-hydrogen) atoms. The van der Waals surface area contributed by atoms with E-state index < -0.39 is 15.8 Å². The molecule has 0 bridgehead atoms. The summed E-state index contributed by atoms with van der Waals surface area (Å²) in [6, 6.07) is 8.71. The molecule has 2 aliphatic rings. The summed E-state index contributed by atoms with van der Waals surface area (Å²) in [7, 11) is 0. The molecule has 2 N–H and O–H groups in total. The first kappa shape index (κ1) is 21.5. The first-order chi connectivity index (χ1) is 15.2. The zero-order chi connectivity index (χ0) is 23.2. The largest absolute Gasteiger partial charge is 0.384 e. The summed E-state index contributed by atoms with van der Waals surface area (Å²) < 4.78 is 0. The van der Waals surface area contributed by atoms with Gasteiger partial charge >= 0.3 is 5.00 Å². The van der Waals surface area contributed by atoms with Gasteiger partial charge in [0.15, 0.2) is 5.78 Å². The number of carbonyl (C=O) groups is 1. The van der Waals surface area contributed by atoms with E-state index in [0.29, 0.717) is 29.0 Å². The first-order valence-electron chi connectivity index (χ1n) is 9.38. The summed E-state index contributed by atoms with van der Waals surface area (Å²) in [5, 5.41) is 32.5. The van der Waals surface area contributed by atoms with Gasteiger partial charge < -0.3 is 5.73 Å². The van der Waals surface area contributed by atoms with E-state index in [1.165, 1.54) is 35.2 Å². The van der Waals surface area contributed by atoms with Crippen LogP contribution in [0.2, 0.25) is 5.02 Å². The van der Waals surface area contributed by atoms with Crippen molar-refractivity contribution in [1.82, 2.24) is 0 Å². The summed E-state index contributed by atoms with van der Waals surface area (Å²) >= 11 is 7.22. The number of nitro groups is 2. The second kappa shape index (κ2) is 8.07. The Morgan fingerprint density at radius 1 is 1.19 bits per heavy atom. The predicted molar refractivity (Wildman–Crippen MR) is 117 cm³/mol. The standard InChI is InChI=1S/C20H14ClN5O5S/c21-12-5-4-10(25(28)29)8-14(12)24-13-2-1-3-15(27)19(13)18(11(9-22)20(24)23)16-6-7-17(32-16)26(30)31/h4-8,18H,1-3,23H2/t18-/m1/s1. The normalized spacial score (nSPS) is 18.4. The van der Waals surface area contributed by atoms with Crippen molar-refractivity contribution in [1.29, 1.82) is 5.26 Å². The molecule has 1 aliphatic carbocycles. The highest BCUT2D eigenvalue weighted by Gasteiger charge is 2.42. The highest BCUT2D eigenvalue weighted by Crippen LogP contribution is 2.49. The van der Waals surface area contributed by atoms with E-state index in [0.717, 1.165) is 11.3 Å². The molecule has 0 saturated heterocycles. The number of benzene rings is 1. The molecule has 1 atom stereocenters. The third kappa shape index (κ3) is 3.39. The van der Waals surface area contributed by atoms with Crippen molar-refractivity contribution < 1.29 is 14.6 Å². The lowest BCUT2D eigenvalue weighted by atomic mass is 9.78. The number of non-ortho nitro benzene ring substituents is 1. The van der Waals surface area contributed by atoms with Crippen molar-refractivity contribution in [3.8, 4) is 6.07 Å². The molecular formula is C20H14ClN5O5S. The minimum Gasteiger partial charge on any atom is -0.384 e. The van der Waals surface area contributed by atoms with Crippen LogP contribution in [0.3, 0.4) is 0 Å². The van der Waals surface area contributed by atoms with Gasteiger partial charge in [0, 0.05) is 40.8 Å². The highest BCUT2D eigenvalue weighted by atomic mass is 35.5. The minimum absolute atomic E-state index is 0.0237. The zero-order valence-electron chi connectivity index (χ0n) is 16.3. The number of allylic oxidation sites excluding steroid dienone is 3.